The van der Waals surface area contributed by atoms with Gasteiger partial charge in [0.05, 0.1) is 6.61 Å². The predicted molar refractivity (Wildman–Crippen MR) is 92.3 cm³/mol. The van der Waals surface area contributed by atoms with E-state index in [9.17, 15) is 4.79 Å². The van der Waals surface area contributed by atoms with Crippen LogP contribution in [0.1, 0.15) is 46.5 Å². The molecule has 1 amide bonds. The lowest BCUT2D eigenvalue weighted by atomic mass is 9.94. The first-order chi connectivity index (χ1) is 11.3. The lowest BCUT2D eigenvalue weighted by molar-refractivity contribution is 0.0159. The minimum atomic E-state index is -0.447. The van der Waals surface area contributed by atoms with Crippen molar-refractivity contribution in [2.45, 2.75) is 52.1 Å². The zero-order valence-electron chi connectivity index (χ0n) is 14.6. The third-order valence-corrected chi connectivity index (χ3v) is 3.99. The second-order valence-corrected chi connectivity index (χ2v) is 7.51. The van der Waals surface area contributed by atoms with Crippen molar-refractivity contribution in [3.8, 4) is 5.88 Å². The van der Waals surface area contributed by atoms with Crippen LogP contribution in [0.3, 0.4) is 0 Å². The number of aromatic nitrogens is 2. The zero-order chi connectivity index (χ0) is 17.6. The number of rotatable bonds is 5. The van der Waals surface area contributed by atoms with E-state index in [0.717, 1.165) is 38.8 Å². The summed E-state index contributed by atoms with van der Waals surface area (Å²) < 4.78 is 11.0. The van der Waals surface area contributed by atoms with Gasteiger partial charge in [-0.3, -0.25) is 0 Å². The fraction of sp³-hybridized carbons (Fsp3) is 0.706. The predicted octanol–water partition coefficient (Wildman–Crippen LogP) is 3.94. The number of carbonyl (C=O) groups is 1. The molecule has 0 aromatic carbocycles. The molecule has 1 saturated heterocycles. The maximum absolute atomic E-state index is 12.2. The van der Waals surface area contributed by atoms with E-state index in [1.165, 1.54) is 0 Å². The van der Waals surface area contributed by atoms with Crippen LogP contribution in [-0.2, 0) is 4.74 Å². The molecule has 2 rings (SSSR count). The Morgan fingerprint density at radius 3 is 2.83 bits per heavy atom. The highest BCUT2D eigenvalue weighted by molar-refractivity contribution is 6.29. The quantitative estimate of drug-likeness (QED) is 0.748. The van der Waals surface area contributed by atoms with Crippen molar-refractivity contribution < 1.29 is 14.3 Å². The summed E-state index contributed by atoms with van der Waals surface area (Å²) in [5.41, 5.74) is -0.447. The second kappa shape index (κ2) is 8.51. The summed E-state index contributed by atoms with van der Waals surface area (Å²) in [4.78, 5) is 14.0. The molecular weight excluding hydrogens is 330 g/mol. The van der Waals surface area contributed by atoms with E-state index < -0.39 is 5.60 Å². The molecule has 0 saturated carbocycles. The highest BCUT2D eigenvalue weighted by Crippen LogP contribution is 2.23. The lowest BCUT2D eigenvalue weighted by Crippen LogP contribution is -2.42. The van der Waals surface area contributed by atoms with Crippen LogP contribution < -0.4 is 4.74 Å². The maximum atomic E-state index is 12.2. The number of hydrogen-bond acceptors (Lipinski definition) is 5. The Kier molecular flexibility index (Phi) is 6.66. The number of likely N-dealkylation sites (tertiary alicyclic amines) is 1. The van der Waals surface area contributed by atoms with E-state index in [0.29, 0.717) is 23.6 Å². The van der Waals surface area contributed by atoms with E-state index in [4.69, 9.17) is 21.1 Å². The summed E-state index contributed by atoms with van der Waals surface area (Å²) in [6, 6.07) is 3.36. The van der Waals surface area contributed by atoms with Crippen LogP contribution in [0, 0.1) is 5.92 Å². The van der Waals surface area contributed by atoms with Gasteiger partial charge in [0.25, 0.3) is 0 Å². The van der Waals surface area contributed by atoms with Crippen LogP contribution in [0.5, 0.6) is 5.88 Å². The van der Waals surface area contributed by atoms with Crippen LogP contribution in [0.4, 0.5) is 4.79 Å². The van der Waals surface area contributed by atoms with Crippen molar-refractivity contribution in [3.63, 3.8) is 0 Å². The van der Waals surface area contributed by atoms with Crippen molar-refractivity contribution in [2.24, 2.45) is 5.92 Å². The van der Waals surface area contributed by atoms with Crippen LogP contribution in [0.2, 0.25) is 5.15 Å². The second-order valence-electron chi connectivity index (χ2n) is 7.12. The molecule has 6 nitrogen and oxygen atoms in total. The van der Waals surface area contributed by atoms with Gasteiger partial charge in [-0.05, 0) is 58.4 Å². The molecule has 0 radical (unpaired) electrons. The van der Waals surface area contributed by atoms with Crippen molar-refractivity contribution in [1.82, 2.24) is 15.1 Å². The Hall–Kier alpha value is -1.56. The third kappa shape index (κ3) is 6.51. The summed E-state index contributed by atoms with van der Waals surface area (Å²) >= 11 is 5.68. The molecule has 1 unspecified atom stereocenters. The van der Waals surface area contributed by atoms with Gasteiger partial charge >= 0.3 is 6.09 Å². The number of halogens is 1. The standard InChI is InChI=1S/C17H26ClN3O3/c1-17(2,3)24-16(22)21-10-4-6-13(12-21)7-5-11-23-15-9-8-14(18)19-20-15/h8-9,13H,4-7,10-12H2,1-3H3. The molecule has 2 heterocycles. The molecule has 1 aliphatic heterocycles. The minimum absolute atomic E-state index is 0.208. The van der Waals surface area contributed by atoms with Gasteiger partial charge < -0.3 is 14.4 Å². The fourth-order valence-corrected chi connectivity index (χ4v) is 2.82. The number of amides is 1. The van der Waals surface area contributed by atoms with Gasteiger partial charge in [-0.25, -0.2) is 4.79 Å². The first-order valence-electron chi connectivity index (χ1n) is 8.43. The van der Waals surface area contributed by atoms with Gasteiger partial charge in [0.1, 0.15) is 5.60 Å². The number of piperidine rings is 1. The van der Waals surface area contributed by atoms with E-state index in [1.807, 2.05) is 25.7 Å². The lowest BCUT2D eigenvalue weighted by Gasteiger charge is -2.34. The Morgan fingerprint density at radius 2 is 2.17 bits per heavy atom. The molecule has 134 valence electrons. The van der Waals surface area contributed by atoms with Crippen molar-refractivity contribution in [3.05, 3.63) is 17.3 Å². The van der Waals surface area contributed by atoms with E-state index in [1.54, 1.807) is 12.1 Å². The normalized spacial score (nSPS) is 18.3. The SMILES string of the molecule is CC(C)(C)OC(=O)N1CCCC(CCCOc2ccc(Cl)nn2)C1. The van der Waals surface area contributed by atoms with Gasteiger partial charge in [0, 0.05) is 19.2 Å². The monoisotopic (exact) mass is 355 g/mol. The first kappa shape index (κ1) is 18.8. The first-order valence-corrected chi connectivity index (χ1v) is 8.81. The average Bonchev–Trinajstić information content (AvgIpc) is 2.52. The zero-order valence-corrected chi connectivity index (χ0v) is 15.4. The summed E-state index contributed by atoms with van der Waals surface area (Å²) in [5.74, 6) is 0.976. The number of ether oxygens (including phenoxy) is 2. The summed E-state index contributed by atoms with van der Waals surface area (Å²) in [5, 5.41) is 7.95. The molecule has 0 N–H and O–H groups in total. The molecule has 24 heavy (non-hydrogen) atoms. The van der Waals surface area contributed by atoms with Crippen LogP contribution in [0.25, 0.3) is 0 Å². The largest absolute Gasteiger partial charge is 0.477 e. The van der Waals surface area contributed by atoms with Crippen LogP contribution in [0.15, 0.2) is 12.1 Å². The topological polar surface area (TPSA) is 64.5 Å². The van der Waals surface area contributed by atoms with Gasteiger partial charge in [-0.2, -0.15) is 0 Å². The Balaban J connectivity index is 1.69. The number of nitrogens with zero attached hydrogens (tertiary/aromatic N) is 3. The Bertz CT molecular complexity index is 531. The summed E-state index contributed by atoms with van der Waals surface area (Å²) in [6.45, 7) is 7.80. The molecule has 1 aromatic rings. The Morgan fingerprint density at radius 1 is 1.38 bits per heavy atom. The fourth-order valence-electron chi connectivity index (χ4n) is 2.72. The summed E-state index contributed by atoms with van der Waals surface area (Å²) in [6.07, 6.45) is 3.88. The Labute approximate surface area is 148 Å². The van der Waals surface area contributed by atoms with Crippen LogP contribution in [-0.4, -0.2) is 46.5 Å². The van der Waals surface area contributed by atoms with Crippen molar-refractivity contribution >= 4 is 17.7 Å². The van der Waals surface area contributed by atoms with E-state index >= 15 is 0 Å². The van der Waals surface area contributed by atoms with Gasteiger partial charge in [-0.15, -0.1) is 10.2 Å². The van der Waals surface area contributed by atoms with E-state index in [2.05, 4.69) is 10.2 Å². The van der Waals surface area contributed by atoms with Crippen molar-refractivity contribution in [1.29, 1.82) is 0 Å². The maximum Gasteiger partial charge on any atom is 0.410 e. The van der Waals surface area contributed by atoms with Crippen LogP contribution >= 0.6 is 11.6 Å². The molecule has 1 fully saturated rings. The van der Waals surface area contributed by atoms with E-state index in [-0.39, 0.29) is 6.09 Å². The molecule has 1 atom stereocenters. The van der Waals surface area contributed by atoms with Gasteiger partial charge in [0.15, 0.2) is 5.15 Å². The average molecular weight is 356 g/mol. The molecule has 0 aliphatic carbocycles. The minimum Gasteiger partial charge on any atom is -0.477 e. The van der Waals surface area contributed by atoms with Gasteiger partial charge in [0.2, 0.25) is 5.88 Å². The molecule has 1 aliphatic rings. The molecule has 0 spiro atoms. The number of carbonyl (C=O) groups excluding carboxylic acids is 1. The molecule has 7 heteroatoms. The summed E-state index contributed by atoms with van der Waals surface area (Å²) in [7, 11) is 0. The molecular formula is C17H26ClN3O3. The highest BCUT2D eigenvalue weighted by atomic mass is 35.5. The smallest absolute Gasteiger partial charge is 0.410 e. The van der Waals surface area contributed by atoms with Crippen molar-refractivity contribution in [2.75, 3.05) is 19.7 Å². The highest BCUT2D eigenvalue weighted by Gasteiger charge is 2.27. The molecule has 1 aromatic heterocycles. The van der Waals surface area contributed by atoms with Gasteiger partial charge in [-0.1, -0.05) is 11.6 Å². The molecule has 0 bridgehead atoms. The number of hydrogen-bond donors (Lipinski definition) is 0. The third-order valence-electron chi connectivity index (χ3n) is 3.78.